The van der Waals surface area contributed by atoms with Crippen LogP contribution in [0.2, 0.25) is 0 Å². The lowest BCUT2D eigenvalue weighted by Gasteiger charge is -2.30. The molecule has 0 unspecified atom stereocenters. The molecule has 262 valence electrons. The van der Waals surface area contributed by atoms with E-state index in [4.69, 9.17) is 0 Å². The fraction of sp³-hybridized carbons (Fsp3) is 0.0182. The lowest BCUT2D eigenvalue weighted by molar-refractivity contribution is 0.797. The van der Waals surface area contributed by atoms with E-state index in [1.807, 2.05) is 22.7 Å². The van der Waals surface area contributed by atoms with Crippen molar-refractivity contribution in [3.8, 4) is 33.4 Å². The summed E-state index contributed by atoms with van der Waals surface area (Å²) in [4.78, 5) is 0. The maximum atomic E-state index is 2.56. The van der Waals surface area contributed by atoms with Gasteiger partial charge in [-0.1, -0.05) is 158 Å². The quantitative estimate of drug-likeness (QED) is 0.154. The van der Waals surface area contributed by atoms with Gasteiger partial charge in [-0.3, -0.25) is 0 Å². The van der Waals surface area contributed by atoms with Gasteiger partial charge in [0.15, 0.2) is 0 Å². The van der Waals surface area contributed by atoms with Crippen molar-refractivity contribution < 1.29 is 0 Å². The Kier molecular flexibility index (Phi) is 5.82. The zero-order valence-corrected chi connectivity index (χ0v) is 32.3. The van der Waals surface area contributed by atoms with Crippen molar-refractivity contribution in [2.75, 3.05) is 0 Å². The second kappa shape index (κ2) is 10.8. The highest BCUT2D eigenvalue weighted by molar-refractivity contribution is 7.26. The minimum absolute atomic E-state index is 0.372. The van der Waals surface area contributed by atoms with Gasteiger partial charge in [0.05, 0.1) is 5.41 Å². The van der Waals surface area contributed by atoms with E-state index < -0.39 is 0 Å². The average Bonchev–Trinajstić information content (AvgIpc) is 4.01. The van der Waals surface area contributed by atoms with Crippen LogP contribution in [-0.4, -0.2) is 0 Å². The molecular weight excluding hydrogens is 725 g/mol. The maximum Gasteiger partial charge on any atom is 0.0725 e. The van der Waals surface area contributed by atoms with E-state index in [9.17, 15) is 0 Å². The normalized spacial score (nSPS) is 13.8. The van der Waals surface area contributed by atoms with Crippen molar-refractivity contribution in [1.82, 2.24) is 0 Å². The molecule has 0 radical (unpaired) electrons. The summed E-state index contributed by atoms with van der Waals surface area (Å²) in [5, 5.41) is 13.4. The Balaban J connectivity index is 1.17. The number of thiophene rings is 2. The van der Waals surface area contributed by atoms with Crippen LogP contribution in [0.1, 0.15) is 22.3 Å². The van der Waals surface area contributed by atoms with Crippen LogP contribution in [0, 0.1) is 0 Å². The van der Waals surface area contributed by atoms with Gasteiger partial charge in [-0.2, -0.15) is 0 Å². The second-order valence-corrected chi connectivity index (χ2v) is 17.9. The van der Waals surface area contributed by atoms with Crippen LogP contribution in [-0.2, 0) is 5.41 Å². The molecule has 57 heavy (non-hydrogen) atoms. The highest BCUT2D eigenvalue weighted by atomic mass is 32.1. The predicted molar refractivity (Wildman–Crippen MR) is 246 cm³/mol. The first-order valence-electron chi connectivity index (χ1n) is 19.8. The molecule has 0 atom stereocenters. The van der Waals surface area contributed by atoms with Crippen molar-refractivity contribution in [3.05, 3.63) is 204 Å². The van der Waals surface area contributed by atoms with E-state index >= 15 is 0 Å². The molecule has 2 aromatic heterocycles. The summed E-state index contributed by atoms with van der Waals surface area (Å²) in [6, 6.07) is 69.3. The summed E-state index contributed by atoms with van der Waals surface area (Å²) < 4.78 is 5.35. The van der Waals surface area contributed by atoms with Gasteiger partial charge >= 0.3 is 0 Å². The molecular formula is C55H30S2. The van der Waals surface area contributed by atoms with Crippen LogP contribution >= 0.6 is 22.7 Å². The minimum Gasteiger partial charge on any atom is -0.135 e. The lowest BCUT2D eigenvalue weighted by Crippen LogP contribution is -2.25. The molecule has 0 saturated heterocycles. The number of hydrogen-bond donors (Lipinski definition) is 0. The van der Waals surface area contributed by atoms with E-state index in [0.717, 1.165) is 0 Å². The first kappa shape index (κ1) is 30.6. The van der Waals surface area contributed by atoms with Gasteiger partial charge < -0.3 is 0 Å². The largest absolute Gasteiger partial charge is 0.135 e. The van der Waals surface area contributed by atoms with Crippen LogP contribution in [0.15, 0.2) is 182 Å². The Bertz CT molecular complexity index is 3510. The van der Waals surface area contributed by atoms with Gasteiger partial charge in [-0.25, -0.2) is 0 Å². The van der Waals surface area contributed by atoms with Gasteiger partial charge in [0.1, 0.15) is 0 Å². The molecule has 2 aliphatic carbocycles. The summed E-state index contributed by atoms with van der Waals surface area (Å²) >= 11 is 3.84. The molecule has 0 aliphatic heterocycles. The molecule has 0 amide bonds. The molecule has 14 rings (SSSR count). The summed E-state index contributed by atoms with van der Waals surface area (Å²) in [6.07, 6.45) is 0. The van der Waals surface area contributed by atoms with Crippen LogP contribution < -0.4 is 0 Å². The summed E-state index contributed by atoms with van der Waals surface area (Å²) in [5.41, 5.74) is 13.1. The van der Waals surface area contributed by atoms with Crippen LogP contribution in [0.25, 0.3) is 106 Å². The Hall–Kier alpha value is -6.58. The van der Waals surface area contributed by atoms with E-state index in [2.05, 4.69) is 182 Å². The molecule has 1 spiro atoms. The molecule has 2 aliphatic rings. The van der Waals surface area contributed by atoms with Gasteiger partial charge in [0.2, 0.25) is 0 Å². The van der Waals surface area contributed by atoms with E-state index in [1.54, 1.807) is 0 Å². The maximum absolute atomic E-state index is 2.56. The van der Waals surface area contributed by atoms with E-state index in [0.29, 0.717) is 0 Å². The SMILES string of the molecule is c1ccc2c(c1)-c1ccccc1C21c2cccc3c4cc(-c5cccc6c5sc5ccccc56)c(-c5cccc6c5sc5ccccc56)cc4c4cccc1c4c23. The molecule has 0 saturated carbocycles. The van der Waals surface area contributed by atoms with Gasteiger partial charge in [0, 0.05) is 51.5 Å². The number of rotatable bonds is 2. The third-order valence-electron chi connectivity index (χ3n) is 13.3. The first-order chi connectivity index (χ1) is 28.3. The van der Waals surface area contributed by atoms with Crippen molar-refractivity contribution in [3.63, 3.8) is 0 Å². The van der Waals surface area contributed by atoms with Crippen molar-refractivity contribution in [2.24, 2.45) is 0 Å². The number of benzene rings is 10. The van der Waals surface area contributed by atoms with Crippen molar-refractivity contribution in [1.29, 1.82) is 0 Å². The van der Waals surface area contributed by atoms with Crippen LogP contribution in [0.5, 0.6) is 0 Å². The Morgan fingerprint density at radius 1 is 0.263 bits per heavy atom. The Morgan fingerprint density at radius 2 is 0.632 bits per heavy atom. The fourth-order valence-electron chi connectivity index (χ4n) is 11.1. The zero-order valence-electron chi connectivity index (χ0n) is 30.6. The third kappa shape index (κ3) is 3.70. The monoisotopic (exact) mass is 754 g/mol. The molecule has 10 aromatic carbocycles. The molecule has 12 aromatic rings. The lowest BCUT2D eigenvalue weighted by atomic mass is 9.70. The van der Waals surface area contributed by atoms with Gasteiger partial charge in [0.25, 0.3) is 0 Å². The molecule has 2 heteroatoms. The van der Waals surface area contributed by atoms with Crippen molar-refractivity contribution >= 4 is 95.3 Å². The summed E-state index contributed by atoms with van der Waals surface area (Å²) in [7, 11) is 0. The minimum atomic E-state index is -0.372. The standard InChI is InChI=1S/C55H30S2/c1-5-23-45-31(13-1)32-14-2-6-24-46(32)55(45)47-25-11-17-35-41-29-43(39-21-9-19-37-33-15-3-7-27-49(33)56-53(37)39)44(30-42(41)36-18-12-26-48(55)52(36)51(35)47)40-22-10-20-38-34-16-4-8-28-50(34)57-54(38)40/h1-30H. The predicted octanol–water partition coefficient (Wildman–Crippen LogP) is 15.9. The third-order valence-corrected chi connectivity index (χ3v) is 15.7. The summed E-state index contributed by atoms with van der Waals surface area (Å²) in [6.45, 7) is 0. The summed E-state index contributed by atoms with van der Waals surface area (Å²) in [5.74, 6) is 0. The average molecular weight is 755 g/mol. The number of hydrogen-bond acceptors (Lipinski definition) is 2. The molecule has 0 nitrogen and oxygen atoms in total. The number of fused-ring (bicyclic) bond motifs is 16. The van der Waals surface area contributed by atoms with Gasteiger partial charge in [-0.15, -0.1) is 22.7 Å². The second-order valence-electron chi connectivity index (χ2n) is 15.8. The highest BCUT2D eigenvalue weighted by Crippen LogP contribution is 2.63. The molecule has 2 heterocycles. The topological polar surface area (TPSA) is 0 Å². The van der Waals surface area contributed by atoms with E-state index in [1.165, 1.54) is 128 Å². The Morgan fingerprint density at radius 3 is 1.14 bits per heavy atom. The smallest absolute Gasteiger partial charge is 0.0725 e. The molecule has 0 N–H and O–H groups in total. The van der Waals surface area contributed by atoms with E-state index in [-0.39, 0.29) is 5.41 Å². The highest BCUT2D eigenvalue weighted by Gasteiger charge is 2.50. The van der Waals surface area contributed by atoms with Crippen LogP contribution in [0.4, 0.5) is 0 Å². The molecule has 0 fully saturated rings. The first-order valence-corrected chi connectivity index (χ1v) is 21.4. The van der Waals surface area contributed by atoms with Crippen molar-refractivity contribution in [2.45, 2.75) is 5.41 Å². The Labute approximate surface area is 336 Å². The molecule has 0 bridgehead atoms. The fourth-order valence-corrected chi connectivity index (χ4v) is 13.5. The van der Waals surface area contributed by atoms with Gasteiger partial charge in [-0.05, 0) is 101 Å². The van der Waals surface area contributed by atoms with Crippen LogP contribution in [0.3, 0.4) is 0 Å². The zero-order chi connectivity index (χ0) is 37.0.